The SMILES string of the molecule is Cl.NC(=O)CCn1ccnc1. The zero-order chi connectivity index (χ0) is 7.40. The van der Waals surface area contributed by atoms with Gasteiger partial charge in [0.2, 0.25) is 5.91 Å². The molecule has 0 aliphatic carbocycles. The number of nitrogens with zero attached hydrogens (tertiary/aromatic N) is 2. The molecule has 0 aromatic carbocycles. The monoisotopic (exact) mass is 175 g/mol. The molecule has 0 fully saturated rings. The van der Waals surface area contributed by atoms with Crippen LogP contribution in [0.15, 0.2) is 18.7 Å². The largest absolute Gasteiger partial charge is 0.370 e. The van der Waals surface area contributed by atoms with Crippen LogP contribution >= 0.6 is 12.4 Å². The molecule has 0 spiro atoms. The van der Waals surface area contributed by atoms with Crippen LogP contribution in [0.1, 0.15) is 6.42 Å². The Morgan fingerprint density at radius 3 is 2.82 bits per heavy atom. The van der Waals surface area contributed by atoms with Crippen LogP contribution in [0.3, 0.4) is 0 Å². The van der Waals surface area contributed by atoms with Crippen molar-refractivity contribution in [3.8, 4) is 0 Å². The van der Waals surface area contributed by atoms with Gasteiger partial charge < -0.3 is 10.3 Å². The summed E-state index contributed by atoms with van der Waals surface area (Å²) in [5.41, 5.74) is 4.94. The lowest BCUT2D eigenvalue weighted by Crippen LogP contribution is -2.13. The Morgan fingerprint density at radius 1 is 1.64 bits per heavy atom. The molecule has 11 heavy (non-hydrogen) atoms. The van der Waals surface area contributed by atoms with E-state index in [4.69, 9.17) is 5.73 Å². The fraction of sp³-hybridized carbons (Fsp3) is 0.333. The number of rotatable bonds is 3. The number of aryl methyl sites for hydroxylation is 1. The van der Waals surface area contributed by atoms with E-state index in [2.05, 4.69) is 4.98 Å². The summed E-state index contributed by atoms with van der Waals surface area (Å²) in [4.78, 5) is 14.1. The van der Waals surface area contributed by atoms with E-state index in [0.717, 1.165) is 0 Å². The van der Waals surface area contributed by atoms with Gasteiger partial charge in [0.15, 0.2) is 0 Å². The van der Waals surface area contributed by atoms with Crippen LogP contribution in [-0.2, 0) is 11.3 Å². The molecule has 62 valence electrons. The second kappa shape index (κ2) is 4.73. The Bertz CT molecular complexity index is 210. The summed E-state index contributed by atoms with van der Waals surface area (Å²) in [6.07, 6.45) is 5.49. The molecule has 1 rings (SSSR count). The van der Waals surface area contributed by atoms with Crippen LogP contribution in [0.4, 0.5) is 0 Å². The molecule has 1 heterocycles. The van der Waals surface area contributed by atoms with Crippen molar-refractivity contribution in [2.75, 3.05) is 0 Å². The number of hydrogen-bond donors (Lipinski definition) is 1. The van der Waals surface area contributed by atoms with Gasteiger partial charge in [0.05, 0.1) is 6.33 Å². The normalized spacial score (nSPS) is 8.73. The minimum Gasteiger partial charge on any atom is -0.370 e. The fourth-order valence-electron chi connectivity index (χ4n) is 0.658. The number of halogens is 1. The molecule has 0 bridgehead atoms. The van der Waals surface area contributed by atoms with Crippen LogP contribution in [0.2, 0.25) is 0 Å². The molecule has 1 amide bonds. The summed E-state index contributed by atoms with van der Waals surface area (Å²) in [6.45, 7) is 0.620. The number of nitrogens with two attached hydrogens (primary N) is 1. The van der Waals surface area contributed by atoms with Crippen molar-refractivity contribution in [2.45, 2.75) is 13.0 Å². The molecule has 0 atom stereocenters. The van der Waals surface area contributed by atoms with Crippen LogP contribution < -0.4 is 5.73 Å². The van der Waals surface area contributed by atoms with E-state index in [-0.39, 0.29) is 18.3 Å². The first-order valence-corrected chi connectivity index (χ1v) is 3.03. The fourth-order valence-corrected chi connectivity index (χ4v) is 0.658. The van der Waals surface area contributed by atoms with E-state index >= 15 is 0 Å². The van der Waals surface area contributed by atoms with Crippen LogP contribution in [0.5, 0.6) is 0 Å². The van der Waals surface area contributed by atoms with Gasteiger partial charge in [-0.25, -0.2) is 4.98 Å². The lowest BCUT2D eigenvalue weighted by Gasteiger charge is -1.96. The van der Waals surface area contributed by atoms with Gasteiger partial charge in [-0.2, -0.15) is 0 Å². The number of hydrogen-bond acceptors (Lipinski definition) is 2. The predicted molar refractivity (Wildman–Crippen MR) is 43.3 cm³/mol. The third-order valence-corrected chi connectivity index (χ3v) is 1.18. The quantitative estimate of drug-likeness (QED) is 0.713. The van der Waals surface area contributed by atoms with Gasteiger partial charge in [-0.3, -0.25) is 4.79 Å². The number of imidazole rings is 1. The Labute approximate surface area is 70.8 Å². The highest BCUT2D eigenvalue weighted by molar-refractivity contribution is 5.85. The maximum atomic E-state index is 10.3. The van der Waals surface area contributed by atoms with Gasteiger partial charge >= 0.3 is 0 Å². The van der Waals surface area contributed by atoms with Crippen LogP contribution in [0.25, 0.3) is 0 Å². The van der Waals surface area contributed by atoms with E-state index < -0.39 is 0 Å². The number of aromatic nitrogens is 2. The Hall–Kier alpha value is -1.03. The van der Waals surface area contributed by atoms with Crippen molar-refractivity contribution in [2.24, 2.45) is 5.73 Å². The van der Waals surface area contributed by atoms with E-state index in [1.165, 1.54) is 0 Å². The second-order valence-corrected chi connectivity index (χ2v) is 2.02. The van der Waals surface area contributed by atoms with Gasteiger partial charge in [-0.05, 0) is 0 Å². The highest BCUT2D eigenvalue weighted by atomic mass is 35.5. The van der Waals surface area contributed by atoms with E-state index in [1.807, 2.05) is 4.57 Å². The van der Waals surface area contributed by atoms with Gasteiger partial charge in [-0.15, -0.1) is 12.4 Å². The molecule has 0 aliphatic rings. The van der Waals surface area contributed by atoms with Crippen molar-refractivity contribution in [1.29, 1.82) is 0 Å². The average molecular weight is 176 g/mol. The molecule has 0 saturated heterocycles. The average Bonchev–Trinajstić information content (AvgIpc) is 2.34. The Balaban J connectivity index is 0.000001000. The van der Waals surface area contributed by atoms with Crippen molar-refractivity contribution in [3.05, 3.63) is 18.7 Å². The number of carbonyl (C=O) groups excluding carboxylic acids is 1. The van der Waals surface area contributed by atoms with Crippen molar-refractivity contribution in [3.63, 3.8) is 0 Å². The van der Waals surface area contributed by atoms with Gasteiger partial charge in [0.1, 0.15) is 0 Å². The summed E-state index contributed by atoms with van der Waals surface area (Å²) in [5.74, 6) is -0.284. The number of amides is 1. The zero-order valence-corrected chi connectivity index (χ0v) is 6.75. The molecule has 1 aromatic rings. The molecule has 0 saturated carbocycles. The highest BCUT2D eigenvalue weighted by Gasteiger charge is 1.93. The maximum absolute atomic E-state index is 10.3. The van der Waals surface area contributed by atoms with Crippen LogP contribution in [0, 0.1) is 0 Å². The van der Waals surface area contributed by atoms with E-state index in [9.17, 15) is 4.79 Å². The molecular weight excluding hydrogens is 166 g/mol. The summed E-state index contributed by atoms with van der Waals surface area (Å²) in [7, 11) is 0. The molecular formula is C6H10ClN3O. The molecule has 0 aliphatic heterocycles. The summed E-state index contributed by atoms with van der Waals surface area (Å²) in [6, 6.07) is 0. The molecule has 0 radical (unpaired) electrons. The standard InChI is InChI=1S/C6H9N3O.ClH/c7-6(10)1-3-9-4-2-8-5-9;/h2,4-5H,1,3H2,(H2,7,10);1H. The van der Waals surface area contributed by atoms with E-state index in [1.54, 1.807) is 18.7 Å². The third-order valence-electron chi connectivity index (χ3n) is 1.18. The lowest BCUT2D eigenvalue weighted by molar-refractivity contribution is -0.118. The maximum Gasteiger partial charge on any atom is 0.219 e. The highest BCUT2D eigenvalue weighted by Crippen LogP contribution is 1.88. The smallest absolute Gasteiger partial charge is 0.219 e. The molecule has 0 unspecified atom stereocenters. The Kier molecular flexibility index (Phi) is 4.29. The molecule has 5 heteroatoms. The lowest BCUT2D eigenvalue weighted by atomic mass is 10.4. The van der Waals surface area contributed by atoms with Gasteiger partial charge in [0, 0.05) is 25.4 Å². The first-order chi connectivity index (χ1) is 4.79. The second-order valence-electron chi connectivity index (χ2n) is 2.02. The summed E-state index contributed by atoms with van der Waals surface area (Å²) in [5, 5.41) is 0. The Morgan fingerprint density at radius 2 is 2.36 bits per heavy atom. The van der Waals surface area contributed by atoms with Crippen molar-refractivity contribution < 1.29 is 4.79 Å². The van der Waals surface area contributed by atoms with Gasteiger partial charge in [0.25, 0.3) is 0 Å². The molecule has 4 nitrogen and oxygen atoms in total. The first-order valence-electron chi connectivity index (χ1n) is 3.03. The van der Waals surface area contributed by atoms with Crippen molar-refractivity contribution >= 4 is 18.3 Å². The minimum absolute atomic E-state index is 0. The minimum atomic E-state index is -0.284. The topological polar surface area (TPSA) is 60.9 Å². The van der Waals surface area contributed by atoms with Crippen LogP contribution in [-0.4, -0.2) is 15.5 Å². The third kappa shape index (κ3) is 3.62. The molecule has 1 aromatic heterocycles. The van der Waals surface area contributed by atoms with E-state index in [0.29, 0.717) is 13.0 Å². The van der Waals surface area contributed by atoms with Gasteiger partial charge in [-0.1, -0.05) is 0 Å². The number of primary amides is 1. The molecule has 2 N–H and O–H groups in total. The summed E-state index contributed by atoms with van der Waals surface area (Å²) >= 11 is 0. The predicted octanol–water partition coefficient (Wildman–Crippen LogP) is 0.180. The first kappa shape index (κ1) is 9.97. The summed E-state index contributed by atoms with van der Waals surface area (Å²) < 4.78 is 1.81. The van der Waals surface area contributed by atoms with Crippen molar-refractivity contribution in [1.82, 2.24) is 9.55 Å². The zero-order valence-electron chi connectivity index (χ0n) is 5.93. The number of carbonyl (C=O) groups is 1.